The normalized spacial score (nSPS) is 19.2. The van der Waals surface area contributed by atoms with Crippen LogP contribution in [0.15, 0.2) is 133 Å². The zero-order valence-corrected chi connectivity index (χ0v) is 30.6. The van der Waals surface area contributed by atoms with Crippen LogP contribution in [0, 0.1) is 5.92 Å². The summed E-state index contributed by atoms with van der Waals surface area (Å²) in [5.41, 5.74) is 8.07. The number of hydrogen-bond donors (Lipinski definition) is 2. The number of carbonyl (C=O) groups excluding carboxylic acids is 1. The Hall–Kier alpha value is -3.72. The third-order valence-corrected chi connectivity index (χ3v) is 9.70. The molecule has 1 fully saturated rings. The quantitative estimate of drug-likeness (QED) is 0.125. The molecule has 0 unspecified atom stereocenters. The van der Waals surface area contributed by atoms with E-state index in [4.69, 9.17) is 44.3 Å². The summed E-state index contributed by atoms with van der Waals surface area (Å²) in [5, 5.41) is 12.4. The third kappa shape index (κ3) is 10.00. The molecule has 6 rings (SSSR count). The Labute approximate surface area is 314 Å². The van der Waals surface area contributed by atoms with Crippen molar-refractivity contribution in [2.45, 2.75) is 55.5 Å². The molecule has 1 heterocycles. The molecule has 51 heavy (non-hydrogen) atoms. The Balaban J connectivity index is 1.28. The first-order chi connectivity index (χ1) is 24.7. The van der Waals surface area contributed by atoms with E-state index in [-0.39, 0.29) is 31.3 Å². The lowest BCUT2D eigenvalue weighted by Crippen LogP contribution is -2.44. The molecular weight excluding hydrogens is 703 g/mol. The molecule has 1 saturated heterocycles. The number of ether oxygens (including phenoxy) is 2. The Bertz CT molecular complexity index is 1830. The highest BCUT2D eigenvalue weighted by molar-refractivity contribution is 6.76. The summed E-state index contributed by atoms with van der Waals surface area (Å²) >= 11 is 17.2. The van der Waals surface area contributed by atoms with Crippen LogP contribution in [-0.2, 0) is 40.5 Å². The second kappa shape index (κ2) is 17.2. The smallest absolute Gasteiger partial charge is 0.272 e. The molecule has 0 aliphatic carbocycles. The van der Waals surface area contributed by atoms with Gasteiger partial charge >= 0.3 is 0 Å². The van der Waals surface area contributed by atoms with E-state index in [2.05, 4.69) is 71.7 Å². The minimum atomic E-state index is -2.03. The summed E-state index contributed by atoms with van der Waals surface area (Å²) in [6.07, 6.45) is -1.03. The SMILES string of the molecule is C[C@H]1[C@@H](CN(Cc2ccccc2)Cc2ccccc2)O[C@@H](c2cccc(-c3cccc(CNC(=O)C(Cl)(Cl)Cl)c3)c2)O[C@H]1c1ccc(CO)cc1. The molecule has 1 aliphatic rings. The molecule has 5 aromatic carbocycles. The first-order valence-electron chi connectivity index (χ1n) is 17.0. The zero-order valence-electron chi connectivity index (χ0n) is 28.3. The van der Waals surface area contributed by atoms with Gasteiger partial charge in [-0.15, -0.1) is 0 Å². The van der Waals surface area contributed by atoms with E-state index in [0.29, 0.717) is 6.54 Å². The van der Waals surface area contributed by atoms with Crippen LogP contribution >= 0.6 is 34.8 Å². The molecular formula is C42H41Cl3N2O4. The lowest BCUT2D eigenvalue weighted by atomic mass is 9.89. The first kappa shape index (κ1) is 37.1. The monoisotopic (exact) mass is 742 g/mol. The van der Waals surface area contributed by atoms with E-state index in [1.165, 1.54) is 11.1 Å². The fraction of sp³-hybridized carbons (Fsp3) is 0.262. The van der Waals surface area contributed by atoms with Crippen molar-refractivity contribution >= 4 is 40.7 Å². The summed E-state index contributed by atoms with van der Waals surface area (Å²) in [4.78, 5) is 14.6. The van der Waals surface area contributed by atoms with E-state index in [0.717, 1.165) is 46.5 Å². The number of rotatable bonds is 12. The zero-order chi connectivity index (χ0) is 35.8. The number of amides is 1. The van der Waals surface area contributed by atoms with Gasteiger partial charge < -0.3 is 19.9 Å². The predicted molar refractivity (Wildman–Crippen MR) is 204 cm³/mol. The first-order valence-corrected chi connectivity index (χ1v) is 18.1. The highest BCUT2D eigenvalue weighted by Gasteiger charge is 2.39. The Morgan fingerprint density at radius 3 is 1.90 bits per heavy atom. The summed E-state index contributed by atoms with van der Waals surface area (Å²) in [6.45, 7) is 4.63. The maximum Gasteiger partial charge on any atom is 0.272 e. The molecule has 0 bridgehead atoms. The lowest BCUT2D eigenvalue weighted by Gasteiger charge is -2.43. The number of alkyl halides is 3. The van der Waals surface area contributed by atoms with Crippen LogP contribution in [0.25, 0.3) is 11.1 Å². The summed E-state index contributed by atoms with van der Waals surface area (Å²) in [6, 6.07) is 45.1. The predicted octanol–water partition coefficient (Wildman–Crippen LogP) is 9.33. The van der Waals surface area contributed by atoms with Crippen LogP contribution in [0.4, 0.5) is 0 Å². The Morgan fingerprint density at radius 2 is 1.29 bits per heavy atom. The van der Waals surface area contributed by atoms with Gasteiger partial charge in [-0.3, -0.25) is 9.69 Å². The van der Waals surface area contributed by atoms with Gasteiger partial charge in [0.2, 0.25) is 0 Å². The fourth-order valence-corrected chi connectivity index (χ4v) is 6.66. The molecule has 264 valence electrons. The molecule has 0 radical (unpaired) electrons. The number of carbonyl (C=O) groups is 1. The van der Waals surface area contributed by atoms with Crippen molar-refractivity contribution in [2.75, 3.05) is 6.54 Å². The molecule has 0 aromatic heterocycles. The average molecular weight is 744 g/mol. The van der Waals surface area contributed by atoms with Crippen LogP contribution in [0.1, 0.15) is 52.7 Å². The summed E-state index contributed by atoms with van der Waals surface area (Å²) in [5.74, 6) is -0.653. The molecule has 5 aromatic rings. The minimum absolute atomic E-state index is 0.0169. The van der Waals surface area contributed by atoms with Gasteiger partial charge in [-0.2, -0.15) is 0 Å². The Morgan fingerprint density at radius 1 is 0.706 bits per heavy atom. The van der Waals surface area contributed by atoms with Crippen molar-refractivity contribution in [1.29, 1.82) is 0 Å². The number of aliphatic hydroxyl groups excluding tert-OH is 1. The molecule has 6 nitrogen and oxygen atoms in total. The topological polar surface area (TPSA) is 71.0 Å². The van der Waals surface area contributed by atoms with Gasteiger partial charge in [0.05, 0.1) is 18.8 Å². The van der Waals surface area contributed by atoms with Gasteiger partial charge in [0.1, 0.15) is 0 Å². The Kier molecular flexibility index (Phi) is 12.5. The second-order valence-electron chi connectivity index (χ2n) is 13.0. The van der Waals surface area contributed by atoms with Crippen LogP contribution in [0.3, 0.4) is 0 Å². The molecule has 1 amide bonds. The number of aliphatic hydroxyl groups is 1. The number of halogens is 3. The van der Waals surface area contributed by atoms with E-state index in [9.17, 15) is 9.90 Å². The van der Waals surface area contributed by atoms with Crippen molar-refractivity contribution in [3.63, 3.8) is 0 Å². The van der Waals surface area contributed by atoms with Crippen LogP contribution in [-0.4, -0.2) is 32.4 Å². The van der Waals surface area contributed by atoms with E-state index < -0.39 is 16.0 Å². The average Bonchev–Trinajstić information content (AvgIpc) is 3.15. The molecule has 2 N–H and O–H groups in total. The van der Waals surface area contributed by atoms with Gasteiger partial charge in [-0.25, -0.2) is 0 Å². The number of nitrogens with zero attached hydrogens (tertiary/aromatic N) is 1. The van der Waals surface area contributed by atoms with Crippen molar-refractivity contribution in [1.82, 2.24) is 10.2 Å². The van der Waals surface area contributed by atoms with Gasteiger partial charge in [0.25, 0.3) is 9.70 Å². The lowest BCUT2D eigenvalue weighted by molar-refractivity contribution is -0.276. The van der Waals surface area contributed by atoms with Gasteiger partial charge in [-0.1, -0.05) is 163 Å². The van der Waals surface area contributed by atoms with Gasteiger partial charge in [0, 0.05) is 37.7 Å². The van der Waals surface area contributed by atoms with Crippen molar-refractivity contribution in [3.05, 3.63) is 167 Å². The van der Waals surface area contributed by atoms with Gasteiger partial charge in [0.15, 0.2) is 6.29 Å². The third-order valence-electron chi connectivity index (χ3n) is 9.19. The van der Waals surface area contributed by atoms with E-state index >= 15 is 0 Å². The largest absolute Gasteiger partial charge is 0.392 e. The summed E-state index contributed by atoms with van der Waals surface area (Å²) in [7, 11) is 0. The highest BCUT2D eigenvalue weighted by Crippen LogP contribution is 2.42. The van der Waals surface area contributed by atoms with Gasteiger partial charge in [-0.05, 0) is 51.1 Å². The minimum Gasteiger partial charge on any atom is -0.392 e. The molecule has 4 atom stereocenters. The van der Waals surface area contributed by atoms with Crippen molar-refractivity contribution < 1.29 is 19.4 Å². The highest BCUT2D eigenvalue weighted by atomic mass is 35.6. The van der Waals surface area contributed by atoms with Crippen LogP contribution in [0.2, 0.25) is 0 Å². The second-order valence-corrected chi connectivity index (χ2v) is 15.3. The molecule has 0 saturated carbocycles. The standard InChI is InChI=1S/C42H41Cl3N2O4/c1-29-38(27-47(25-30-10-4-2-5-11-30)26-31-12-6-3-7-13-31)50-40(51-39(29)34-20-18-32(28-48)19-21-34)37-17-9-16-36(23-37)35-15-8-14-33(22-35)24-46-41(49)42(43,44)45/h2-23,29,38-40,48H,24-28H2,1H3,(H,46,49)/t29-,38+,39+,40+/m0/s1. The number of benzene rings is 5. The van der Waals surface area contributed by atoms with Crippen LogP contribution < -0.4 is 5.32 Å². The van der Waals surface area contributed by atoms with E-state index in [1.807, 2.05) is 78.9 Å². The number of nitrogens with one attached hydrogen (secondary N) is 1. The molecule has 9 heteroatoms. The van der Waals surface area contributed by atoms with Crippen LogP contribution in [0.5, 0.6) is 0 Å². The van der Waals surface area contributed by atoms with Crippen molar-refractivity contribution in [2.24, 2.45) is 5.92 Å². The maximum atomic E-state index is 12.1. The summed E-state index contributed by atoms with van der Waals surface area (Å²) < 4.78 is 11.7. The fourth-order valence-electron chi connectivity index (χ4n) is 6.46. The number of hydrogen-bond acceptors (Lipinski definition) is 5. The van der Waals surface area contributed by atoms with Crippen molar-refractivity contribution in [3.8, 4) is 11.1 Å². The maximum absolute atomic E-state index is 12.1. The molecule has 1 aliphatic heterocycles. The van der Waals surface area contributed by atoms with E-state index in [1.54, 1.807) is 0 Å². The molecule has 0 spiro atoms.